The molecule has 0 fully saturated rings. The van der Waals surface area contributed by atoms with Gasteiger partial charge in [0.1, 0.15) is 23.0 Å². The van der Waals surface area contributed by atoms with Crippen LogP contribution in [0.25, 0.3) is 10.2 Å². The van der Waals surface area contributed by atoms with Gasteiger partial charge in [0.25, 0.3) is 5.56 Å². The number of aromatic nitrogens is 2. The summed E-state index contributed by atoms with van der Waals surface area (Å²) < 4.78 is 14.8. The van der Waals surface area contributed by atoms with E-state index in [0.29, 0.717) is 29.4 Å². The van der Waals surface area contributed by atoms with Crippen LogP contribution in [0.4, 0.5) is 10.1 Å². The summed E-state index contributed by atoms with van der Waals surface area (Å²) in [7, 11) is 3.78. The molecule has 2 aromatic heterocycles. The van der Waals surface area contributed by atoms with Crippen molar-refractivity contribution in [2.45, 2.75) is 39.3 Å². The number of carbonyl (C=O) groups excluding carboxylic acids is 1. The van der Waals surface area contributed by atoms with Crippen LogP contribution in [0.15, 0.2) is 23.0 Å². The number of aryl methyl sites for hydroxylation is 1. The van der Waals surface area contributed by atoms with Crippen molar-refractivity contribution < 1.29 is 9.18 Å². The van der Waals surface area contributed by atoms with E-state index in [1.807, 2.05) is 19.0 Å². The second-order valence-electron chi connectivity index (χ2n) is 8.37. The highest BCUT2D eigenvalue weighted by Crippen LogP contribution is 2.35. The average molecular weight is 463 g/mol. The number of carbonyl (C=O) groups is 1. The Kier molecular flexibility index (Phi) is 6.14. The highest BCUT2D eigenvalue weighted by atomic mass is 35.5. The van der Waals surface area contributed by atoms with E-state index in [9.17, 15) is 14.0 Å². The number of thiophene rings is 1. The molecule has 1 amide bonds. The lowest BCUT2D eigenvalue weighted by atomic mass is 9.89. The summed E-state index contributed by atoms with van der Waals surface area (Å²) in [5.41, 5.74) is 1.28. The number of nitrogens with zero attached hydrogens (tertiary/aromatic N) is 3. The van der Waals surface area contributed by atoms with Gasteiger partial charge in [-0.05, 0) is 63.0 Å². The van der Waals surface area contributed by atoms with Crippen LogP contribution in [-0.2, 0) is 30.7 Å². The van der Waals surface area contributed by atoms with Crippen LogP contribution < -0.4 is 10.9 Å². The molecule has 1 N–H and O–H groups in total. The maximum Gasteiger partial charge on any atom is 0.263 e. The molecule has 0 radical (unpaired) electrons. The van der Waals surface area contributed by atoms with Crippen LogP contribution in [0.3, 0.4) is 0 Å². The molecule has 31 heavy (non-hydrogen) atoms. The number of benzene rings is 1. The molecule has 1 aliphatic rings. The van der Waals surface area contributed by atoms with Crippen LogP contribution in [0.5, 0.6) is 0 Å². The molecule has 0 bridgehead atoms. The number of hydrogen-bond donors (Lipinski definition) is 1. The smallest absolute Gasteiger partial charge is 0.263 e. The first-order chi connectivity index (χ1) is 14.7. The van der Waals surface area contributed by atoms with Gasteiger partial charge in [0.15, 0.2) is 0 Å². The van der Waals surface area contributed by atoms with Gasteiger partial charge in [-0.1, -0.05) is 18.5 Å². The maximum absolute atomic E-state index is 13.5. The molecule has 0 saturated heterocycles. The van der Waals surface area contributed by atoms with Crippen molar-refractivity contribution in [1.29, 1.82) is 0 Å². The quantitative estimate of drug-likeness (QED) is 0.620. The Balaban J connectivity index is 1.72. The first kappa shape index (κ1) is 21.9. The van der Waals surface area contributed by atoms with Crippen LogP contribution in [0, 0.1) is 11.7 Å². The fourth-order valence-corrected chi connectivity index (χ4v) is 5.52. The van der Waals surface area contributed by atoms with Crippen molar-refractivity contribution in [3.05, 3.63) is 55.7 Å². The number of rotatable bonds is 5. The zero-order valence-corrected chi connectivity index (χ0v) is 19.2. The molecule has 2 heterocycles. The molecule has 1 atom stereocenters. The third-order valence-corrected chi connectivity index (χ3v) is 6.89. The zero-order chi connectivity index (χ0) is 22.3. The standard InChI is InChI=1S/C22H24ClFN4O2S/c1-12-4-6-14-17(8-12)31-21-20(14)22(30)28(18(26-21)10-27(2)3)11-19(29)25-13-5-7-16(24)15(23)9-13/h5,7,9,12H,4,6,8,10-11H2,1-3H3,(H,25,29). The van der Waals surface area contributed by atoms with Gasteiger partial charge in [-0.25, -0.2) is 9.37 Å². The topological polar surface area (TPSA) is 67.2 Å². The Labute approximate surface area is 188 Å². The predicted octanol–water partition coefficient (Wildman–Crippen LogP) is 4.08. The van der Waals surface area contributed by atoms with Crippen LogP contribution in [-0.4, -0.2) is 34.5 Å². The summed E-state index contributed by atoms with van der Waals surface area (Å²) in [6.45, 7) is 2.48. The molecule has 0 spiro atoms. The molecule has 3 aromatic rings. The number of hydrogen-bond acceptors (Lipinski definition) is 5. The Bertz CT molecular complexity index is 1220. The van der Waals surface area contributed by atoms with Crippen molar-refractivity contribution >= 4 is 44.7 Å². The lowest BCUT2D eigenvalue weighted by Gasteiger charge is -2.18. The summed E-state index contributed by atoms with van der Waals surface area (Å²) >= 11 is 7.40. The molecule has 0 saturated carbocycles. The van der Waals surface area contributed by atoms with E-state index in [0.717, 1.165) is 29.7 Å². The van der Waals surface area contributed by atoms with Gasteiger partial charge >= 0.3 is 0 Å². The van der Waals surface area contributed by atoms with E-state index >= 15 is 0 Å². The van der Waals surface area contributed by atoms with E-state index in [1.165, 1.54) is 27.6 Å². The summed E-state index contributed by atoms with van der Waals surface area (Å²) in [5, 5.41) is 3.25. The van der Waals surface area contributed by atoms with Crippen molar-refractivity contribution in [2.75, 3.05) is 19.4 Å². The Hall–Kier alpha value is -2.29. The summed E-state index contributed by atoms with van der Waals surface area (Å²) in [5.74, 6) is 0.179. The fraction of sp³-hybridized carbons (Fsp3) is 0.409. The first-order valence-electron chi connectivity index (χ1n) is 10.2. The average Bonchev–Trinajstić information content (AvgIpc) is 3.04. The number of halogens is 2. The minimum atomic E-state index is -0.560. The van der Waals surface area contributed by atoms with Gasteiger partial charge in [0.05, 0.1) is 17.0 Å². The maximum atomic E-state index is 13.5. The highest BCUT2D eigenvalue weighted by molar-refractivity contribution is 7.18. The summed E-state index contributed by atoms with van der Waals surface area (Å²) in [4.78, 5) is 34.9. The van der Waals surface area contributed by atoms with Crippen LogP contribution in [0.1, 0.15) is 29.6 Å². The van der Waals surface area contributed by atoms with Gasteiger partial charge in [0, 0.05) is 10.6 Å². The minimum Gasteiger partial charge on any atom is -0.324 e. The van der Waals surface area contributed by atoms with Gasteiger partial charge in [0.2, 0.25) is 5.91 Å². The van der Waals surface area contributed by atoms with Crippen molar-refractivity contribution in [1.82, 2.24) is 14.5 Å². The molecule has 1 unspecified atom stereocenters. The molecule has 9 heteroatoms. The molecule has 6 nitrogen and oxygen atoms in total. The zero-order valence-electron chi connectivity index (χ0n) is 17.7. The molecule has 164 valence electrons. The monoisotopic (exact) mass is 462 g/mol. The lowest BCUT2D eigenvalue weighted by Crippen LogP contribution is -2.33. The first-order valence-corrected chi connectivity index (χ1v) is 11.4. The van der Waals surface area contributed by atoms with Crippen molar-refractivity contribution in [3.8, 4) is 0 Å². The van der Waals surface area contributed by atoms with Gasteiger partial charge < -0.3 is 10.2 Å². The molecule has 4 rings (SSSR count). The van der Waals surface area contributed by atoms with Gasteiger partial charge in [-0.2, -0.15) is 0 Å². The highest BCUT2D eigenvalue weighted by Gasteiger charge is 2.25. The molecular weight excluding hydrogens is 439 g/mol. The number of amides is 1. The SMILES string of the molecule is CC1CCc2c(sc3nc(CN(C)C)n(CC(=O)Nc4ccc(F)c(Cl)c4)c(=O)c23)C1. The second-order valence-corrected chi connectivity index (χ2v) is 9.86. The molecule has 0 aliphatic heterocycles. The van der Waals surface area contributed by atoms with Crippen molar-refractivity contribution in [3.63, 3.8) is 0 Å². The van der Waals surface area contributed by atoms with Gasteiger partial charge in [-0.15, -0.1) is 11.3 Å². The largest absolute Gasteiger partial charge is 0.324 e. The second kappa shape index (κ2) is 8.68. The molecular formula is C22H24ClFN4O2S. The molecule has 1 aromatic carbocycles. The number of anilines is 1. The Morgan fingerprint density at radius 2 is 2.19 bits per heavy atom. The normalized spacial score (nSPS) is 16.0. The van der Waals surface area contributed by atoms with Crippen LogP contribution in [0.2, 0.25) is 5.02 Å². The Morgan fingerprint density at radius 1 is 1.42 bits per heavy atom. The third kappa shape index (κ3) is 4.51. The predicted molar refractivity (Wildman–Crippen MR) is 122 cm³/mol. The number of fused-ring (bicyclic) bond motifs is 3. The van der Waals surface area contributed by atoms with Crippen molar-refractivity contribution in [2.24, 2.45) is 5.92 Å². The van der Waals surface area contributed by atoms with E-state index in [-0.39, 0.29) is 17.1 Å². The summed E-state index contributed by atoms with van der Waals surface area (Å²) in [6, 6.07) is 3.96. The molecule has 1 aliphatic carbocycles. The van der Waals surface area contributed by atoms with Crippen LogP contribution >= 0.6 is 22.9 Å². The summed E-state index contributed by atoms with van der Waals surface area (Å²) in [6.07, 6.45) is 2.87. The number of nitrogens with one attached hydrogen (secondary N) is 1. The Morgan fingerprint density at radius 3 is 2.90 bits per heavy atom. The van der Waals surface area contributed by atoms with Gasteiger partial charge in [-0.3, -0.25) is 14.2 Å². The fourth-order valence-electron chi connectivity index (χ4n) is 3.95. The van der Waals surface area contributed by atoms with E-state index in [4.69, 9.17) is 16.6 Å². The minimum absolute atomic E-state index is 0.0783. The third-order valence-electron chi connectivity index (χ3n) is 5.46. The van der Waals surface area contributed by atoms with E-state index in [1.54, 1.807) is 11.3 Å². The van der Waals surface area contributed by atoms with E-state index in [2.05, 4.69) is 12.2 Å². The van der Waals surface area contributed by atoms with E-state index < -0.39 is 11.7 Å². The lowest BCUT2D eigenvalue weighted by molar-refractivity contribution is -0.116.